The van der Waals surface area contributed by atoms with Gasteiger partial charge in [0.1, 0.15) is 5.76 Å². The molecule has 0 unspecified atom stereocenters. The number of aryl methyl sites for hydroxylation is 1. The van der Waals surface area contributed by atoms with Crippen LogP contribution in [0.1, 0.15) is 12.2 Å². The van der Waals surface area contributed by atoms with E-state index in [9.17, 15) is 4.79 Å². The molecule has 7 heteroatoms. The molecule has 0 radical (unpaired) electrons. The number of hydrogen-bond acceptors (Lipinski definition) is 4. The predicted octanol–water partition coefficient (Wildman–Crippen LogP) is 4.41. The van der Waals surface area contributed by atoms with Crippen LogP contribution in [-0.2, 0) is 4.79 Å². The molecule has 2 aromatic rings. The maximum absolute atomic E-state index is 11.7. The summed E-state index contributed by atoms with van der Waals surface area (Å²) >= 11 is 13.5. The first-order valence-corrected chi connectivity index (χ1v) is 7.60. The molecule has 1 amide bonds. The number of anilines is 1. The molecule has 0 saturated carbocycles. The van der Waals surface area contributed by atoms with Gasteiger partial charge in [-0.25, -0.2) is 0 Å². The second-order valence-corrected chi connectivity index (χ2v) is 5.94. The topological polar surface area (TPSA) is 55.1 Å². The second-order valence-electron chi connectivity index (χ2n) is 4.02. The van der Waals surface area contributed by atoms with E-state index >= 15 is 0 Å². The van der Waals surface area contributed by atoms with E-state index in [2.05, 4.69) is 10.5 Å². The normalized spacial score (nSPS) is 10.6. The summed E-state index contributed by atoms with van der Waals surface area (Å²) in [5.41, 5.74) is 0. The van der Waals surface area contributed by atoms with Crippen molar-refractivity contribution in [2.24, 2.45) is 0 Å². The first kappa shape index (κ1) is 15.2. The van der Waals surface area contributed by atoms with E-state index < -0.39 is 0 Å². The summed E-state index contributed by atoms with van der Waals surface area (Å²) in [4.78, 5) is 12.5. The molecular weight excluding hydrogens is 319 g/mol. The average Bonchev–Trinajstić information content (AvgIpc) is 2.78. The van der Waals surface area contributed by atoms with Gasteiger partial charge in [-0.1, -0.05) is 34.4 Å². The number of nitrogens with one attached hydrogen (secondary N) is 1. The molecule has 1 N–H and O–H groups in total. The fraction of sp³-hybridized carbons (Fsp3) is 0.231. The van der Waals surface area contributed by atoms with E-state index in [1.54, 1.807) is 31.2 Å². The van der Waals surface area contributed by atoms with Crippen molar-refractivity contribution in [3.63, 3.8) is 0 Å². The Balaban J connectivity index is 1.82. The number of nitrogens with zero attached hydrogens (tertiary/aromatic N) is 1. The summed E-state index contributed by atoms with van der Waals surface area (Å²) in [6.07, 6.45) is 0.331. The van der Waals surface area contributed by atoms with Crippen LogP contribution in [0.25, 0.3) is 0 Å². The molecule has 0 atom stereocenters. The largest absolute Gasteiger partial charge is 0.360 e. The van der Waals surface area contributed by atoms with E-state index in [-0.39, 0.29) is 5.91 Å². The molecule has 4 nitrogen and oxygen atoms in total. The van der Waals surface area contributed by atoms with Crippen molar-refractivity contribution in [3.8, 4) is 0 Å². The number of rotatable bonds is 5. The molecule has 0 saturated heterocycles. The molecular formula is C13H12Cl2N2O2S. The van der Waals surface area contributed by atoms with Gasteiger partial charge < -0.3 is 9.84 Å². The Hall–Kier alpha value is -1.17. The van der Waals surface area contributed by atoms with Gasteiger partial charge in [0.15, 0.2) is 5.82 Å². The summed E-state index contributed by atoms with van der Waals surface area (Å²) in [6, 6.07) is 6.99. The molecule has 0 fully saturated rings. The van der Waals surface area contributed by atoms with Crippen LogP contribution in [0.4, 0.5) is 5.82 Å². The highest BCUT2D eigenvalue weighted by Crippen LogP contribution is 2.34. The molecule has 2 rings (SSSR count). The molecule has 0 bridgehead atoms. The fourth-order valence-corrected chi connectivity index (χ4v) is 3.13. The van der Waals surface area contributed by atoms with Gasteiger partial charge in [0, 0.05) is 23.1 Å². The van der Waals surface area contributed by atoms with E-state index in [4.69, 9.17) is 27.7 Å². The summed E-state index contributed by atoms with van der Waals surface area (Å²) in [5.74, 6) is 1.52. The minimum absolute atomic E-state index is 0.131. The van der Waals surface area contributed by atoms with Crippen molar-refractivity contribution in [1.82, 2.24) is 5.16 Å². The molecule has 0 aliphatic rings. The van der Waals surface area contributed by atoms with Crippen LogP contribution < -0.4 is 5.32 Å². The molecule has 0 aliphatic heterocycles. The van der Waals surface area contributed by atoms with Gasteiger partial charge in [0.25, 0.3) is 0 Å². The lowest BCUT2D eigenvalue weighted by Gasteiger charge is -2.06. The standard InChI is InChI=1S/C13H12Cl2N2O2S/c1-8-7-11(17-19-8)16-12(18)5-6-20-13-9(14)3-2-4-10(13)15/h2-4,7H,5-6H2,1H3,(H,16,17,18). The maximum Gasteiger partial charge on any atom is 0.226 e. The molecule has 0 aliphatic carbocycles. The smallest absolute Gasteiger partial charge is 0.226 e. The lowest BCUT2D eigenvalue weighted by molar-refractivity contribution is -0.115. The zero-order valence-electron chi connectivity index (χ0n) is 10.7. The molecule has 1 aromatic heterocycles. The second kappa shape index (κ2) is 7.02. The zero-order chi connectivity index (χ0) is 14.5. The van der Waals surface area contributed by atoms with Crippen molar-refractivity contribution in [2.75, 3.05) is 11.1 Å². The number of hydrogen-bond donors (Lipinski definition) is 1. The molecule has 20 heavy (non-hydrogen) atoms. The van der Waals surface area contributed by atoms with E-state index in [1.165, 1.54) is 11.8 Å². The van der Waals surface area contributed by atoms with Crippen molar-refractivity contribution >= 4 is 46.7 Å². The van der Waals surface area contributed by atoms with Crippen LogP contribution in [-0.4, -0.2) is 16.8 Å². The summed E-state index contributed by atoms with van der Waals surface area (Å²) in [5, 5.41) is 7.53. The lowest BCUT2D eigenvalue weighted by Crippen LogP contribution is -2.12. The quantitative estimate of drug-likeness (QED) is 0.825. The van der Waals surface area contributed by atoms with Crippen LogP contribution >= 0.6 is 35.0 Å². The first-order valence-electron chi connectivity index (χ1n) is 5.86. The molecule has 1 heterocycles. The lowest BCUT2D eigenvalue weighted by atomic mass is 10.4. The van der Waals surface area contributed by atoms with Crippen LogP contribution in [0, 0.1) is 6.92 Å². The monoisotopic (exact) mass is 330 g/mol. The van der Waals surface area contributed by atoms with Crippen molar-refractivity contribution in [1.29, 1.82) is 0 Å². The Morgan fingerprint density at radius 3 is 2.70 bits per heavy atom. The third kappa shape index (κ3) is 4.16. The van der Waals surface area contributed by atoms with Gasteiger partial charge in [0.2, 0.25) is 5.91 Å². The number of thioether (sulfide) groups is 1. The van der Waals surface area contributed by atoms with Gasteiger partial charge in [-0.2, -0.15) is 0 Å². The van der Waals surface area contributed by atoms with Gasteiger partial charge in [-0.15, -0.1) is 11.8 Å². The Bertz CT molecular complexity index is 596. The number of carbonyl (C=O) groups excluding carboxylic acids is 1. The third-order valence-electron chi connectivity index (χ3n) is 2.39. The molecule has 0 spiro atoms. The van der Waals surface area contributed by atoms with E-state index in [1.807, 2.05) is 0 Å². The number of aromatic nitrogens is 1. The summed E-state index contributed by atoms with van der Waals surface area (Å²) < 4.78 is 4.87. The van der Waals surface area contributed by atoms with Crippen LogP contribution in [0.5, 0.6) is 0 Å². The van der Waals surface area contributed by atoms with Gasteiger partial charge >= 0.3 is 0 Å². The minimum Gasteiger partial charge on any atom is -0.360 e. The van der Waals surface area contributed by atoms with Crippen molar-refractivity contribution in [3.05, 3.63) is 40.1 Å². The minimum atomic E-state index is -0.131. The molecule has 1 aromatic carbocycles. The number of benzene rings is 1. The van der Waals surface area contributed by atoms with E-state index in [0.717, 1.165) is 4.90 Å². The third-order valence-corrected chi connectivity index (χ3v) is 4.38. The van der Waals surface area contributed by atoms with Gasteiger partial charge in [-0.05, 0) is 19.1 Å². The number of halogens is 2. The zero-order valence-corrected chi connectivity index (χ0v) is 13.0. The number of amides is 1. The highest BCUT2D eigenvalue weighted by molar-refractivity contribution is 7.99. The maximum atomic E-state index is 11.7. The van der Waals surface area contributed by atoms with Gasteiger partial charge in [-0.3, -0.25) is 4.79 Å². The highest BCUT2D eigenvalue weighted by atomic mass is 35.5. The fourth-order valence-electron chi connectivity index (χ4n) is 1.50. The average molecular weight is 331 g/mol. The van der Waals surface area contributed by atoms with Crippen LogP contribution in [0.15, 0.2) is 33.7 Å². The summed E-state index contributed by atoms with van der Waals surface area (Å²) in [6.45, 7) is 1.76. The van der Waals surface area contributed by atoms with Crippen molar-refractivity contribution < 1.29 is 9.32 Å². The Kier molecular flexibility index (Phi) is 5.34. The highest BCUT2D eigenvalue weighted by Gasteiger charge is 2.09. The predicted molar refractivity (Wildman–Crippen MR) is 81.7 cm³/mol. The van der Waals surface area contributed by atoms with Crippen LogP contribution in [0.3, 0.4) is 0 Å². The van der Waals surface area contributed by atoms with E-state index in [0.29, 0.717) is 33.8 Å². The van der Waals surface area contributed by atoms with Crippen molar-refractivity contribution in [2.45, 2.75) is 18.2 Å². The SMILES string of the molecule is Cc1cc(NC(=O)CCSc2c(Cl)cccc2Cl)no1. The Morgan fingerprint density at radius 1 is 1.40 bits per heavy atom. The van der Waals surface area contributed by atoms with Gasteiger partial charge in [0.05, 0.1) is 10.0 Å². The van der Waals surface area contributed by atoms with Crippen LogP contribution in [0.2, 0.25) is 10.0 Å². The molecule has 106 valence electrons. The number of carbonyl (C=O) groups is 1. The first-order chi connectivity index (χ1) is 9.56. The summed E-state index contributed by atoms with van der Waals surface area (Å²) in [7, 11) is 0. The Labute approximate surface area is 130 Å². The Morgan fingerprint density at radius 2 is 2.10 bits per heavy atom.